The molecule has 1 aromatic carbocycles. The van der Waals surface area contributed by atoms with Crippen LogP contribution in [0.15, 0.2) is 28.7 Å². The number of nitrogens with zero attached hydrogens (tertiary/aromatic N) is 3. The van der Waals surface area contributed by atoms with Crippen LogP contribution in [0.25, 0.3) is 0 Å². The van der Waals surface area contributed by atoms with Crippen LogP contribution in [-0.4, -0.2) is 28.2 Å². The molecule has 1 aliphatic heterocycles. The van der Waals surface area contributed by atoms with Gasteiger partial charge < -0.3 is 4.42 Å². The van der Waals surface area contributed by atoms with E-state index in [1.165, 1.54) is 5.56 Å². The Morgan fingerprint density at radius 1 is 1.14 bits per heavy atom. The standard InChI is InChI=1S/C17H22FN3O/c1-2-16-19-20-17(22-16)12-21-10-3-4-13(9-11-21)14-5-7-15(18)8-6-14/h5-8,13H,2-4,9-12H2,1H3/t13-/m1/s1. The van der Waals surface area contributed by atoms with Crippen molar-refractivity contribution in [3.05, 3.63) is 47.4 Å². The van der Waals surface area contributed by atoms with E-state index in [4.69, 9.17) is 4.42 Å². The summed E-state index contributed by atoms with van der Waals surface area (Å²) < 4.78 is 18.6. The average molecular weight is 303 g/mol. The quantitative estimate of drug-likeness (QED) is 0.866. The summed E-state index contributed by atoms with van der Waals surface area (Å²) in [6, 6.07) is 6.95. The molecular weight excluding hydrogens is 281 g/mol. The van der Waals surface area contributed by atoms with Gasteiger partial charge in [-0.3, -0.25) is 4.90 Å². The van der Waals surface area contributed by atoms with E-state index >= 15 is 0 Å². The smallest absolute Gasteiger partial charge is 0.230 e. The molecule has 118 valence electrons. The highest BCUT2D eigenvalue weighted by Crippen LogP contribution is 2.28. The first-order chi connectivity index (χ1) is 10.7. The van der Waals surface area contributed by atoms with Crippen LogP contribution in [0, 0.1) is 5.82 Å². The molecule has 1 aliphatic rings. The molecule has 2 heterocycles. The summed E-state index contributed by atoms with van der Waals surface area (Å²) in [6.45, 7) is 4.78. The van der Waals surface area contributed by atoms with E-state index in [0.717, 1.165) is 45.3 Å². The van der Waals surface area contributed by atoms with Gasteiger partial charge in [-0.15, -0.1) is 10.2 Å². The van der Waals surface area contributed by atoms with Gasteiger partial charge >= 0.3 is 0 Å². The van der Waals surface area contributed by atoms with Crippen LogP contribution in [0.4, 0.5) is 4.39 Å². The topological polar surface area (TPSA) is 42.2 Å². The van der Waals surface area contributed by atoms with E-state index in [-0.39, 0.29) is 5.82 Å². The van der Waals surface area contributed by atoms with Gasteiger partial charge in [0.2, 0.25) is 11.8 Å². The molecule has 0 bridgehead atoms. The SMILES string of the molecule is CCc1nnc(CN2CCC[C@@H](c3ccc(F)cc3)CC2)o1. The maximum atomic E-state index is 13.0. The summed E-state index contributed by atoms with van der Waals surface area (Å²) in [4.78, 5) is 2.37. The first-order valence-electron chi connectivity index (χ1n) is 8.03. The summed E-state index contributed by atoms with van der Waals surface area (Å²) in [5, 5.41) is 8.11. The average Bonchev–Trinajstić information content (AvgIpc) is 2.86. The maximum Gasteiger partial charge on any atom is 0.230 e. The van der Waals surface area contributed by atoms with Gasteiger partial charge in [0, 0.05) is 6.42 Å². The van der Waals surface area contributed by atoms with Crippen LogP contribution in [0.5, 0.6) is 0 Å². The molecule has 2 aromatic rings. The highest BCUT2D eigenvalue weighted by Gasteiger charge is 2.20. The zero-order chi connectivity index (χ0) is 15.4. The van der Waals surface area contributed by atoms with Gasteiger partial charge in [0.15, 0.2) is 0 Å². The molecule has 1 fully saturated rings. The Morgan fingerprint density at radius 3 is 2.64 bits per heavy atom. The van der Waals surface area contributed by atoms with Crippen LogP contribution in [0.3, 0.4) is 0 Å². The fourth-order valence-electron chi connectivity index (χ4n) is 3.07. The summed E-state index contributed by atoms with van der Waals surface area (Å²) >= 11 is 0. The monoisotopic (exact) mass is 303 g/mol. The Morgan fingerprint density at radius 2 is 1.91 bits per heavy atom. The van der Waals surface area contributed by atoms with Crippen LogP contribution in [-0.2, 0) is 13.0 Å². The van der Waals surface area contributed by atoms with E-state index in [2.05, 4.69) is 15.1 Å². The minimum absolute atomic E-state index is 0.165. The number of likely N-dealkylation sites (tertiary alicyclic amines) is 1. The molecule has 3 rings (SSSR count). The first-order valence-corrected chi connectivity index (χ1v) is 8.03. The summed E-state index contributed by atoms with van der Waals surface area (Å²) in [5.74, 6) is 1.76. The third-order valence-corrected chi connectivity index (χ3v) is 4.33. The number of aromatic nitrogens is 2. The molecule has 0 saturated carbocycles. The maximum absolute atomic E-state index is 13.0. The molecule has 0 unspecified atom stereocenters. The normalized spacial score (nSPS) is 20.0. The molecule has 0 spiro atoms. The van der Waals surface area contributed by atoms with E-state index in [9.17, 15) is 4.39 Å². The predicted octanol–water partition coefficient (Wildman–Crippen LogP) is 3.54. The van der Waals surface area contributed by atoms with Crippen molar-refractivity contribution in [1.82, 2.24) is 15.1 Å². The second-order valence-electron chi connectivity index (χ2n) is 5.90. The second-order valence-corrected chi connectivity index (χ2v) is 5.90. The van der Waals surface area contributed by atoms with Gasteiger partial charge in [-0.05, 0) is 56.0 Å². The fraction of sp³-hybridized carbons (Fsp3) is 0.529. The third kappa shape index (κ3) is 3.71. The molecule has 0 radical (unpaired) electrons. The van der Waals surface area contributed by atoms with Crippen LogP contribution in [0.1, 0.15) is 49.4 Å². The Balaban J connectivity index is 1.58. The number of aryl methyl sites for hydroxylation is 1. The van der Waals surface area contributed by atoms with Crippen molar-refractivity contribution >= 4 is 0 Å². The number of hydrogen-bond donors (Lipinski definition) is 0. The van der Waals surface area contributed by atoms with Gasteiger partial charge in [-0.2, -0.15) is 0 Å². The highest BCUT2D eigenvalue weighted by molar-refractivity contribution is 5.20. The lowest BCUT2D eigenvalue weighted by Gasteiger charge is -2.18. The molecular formula is C17H22FN3O. The number of hydrogen-bond acceptors (Lipinski definition) is 4. The van der Waals surface area contributed by atoms with Gasteiger partial charge in [0.25, 0.3) is 0 Å². The molecule has 0 aliphatic carbocycles. The fourth-order valence-corrected chi connectivity index (χ4v) is 3.07. The van der Waals surface area contributed by atoms with E-state index in [1.54, 1.807) is 12.1 Å². The van der Waals surface area contributed by atoms with Gasteiger partial charge in [0.05, 0.1) is 6.54 Å². The Kier molecular flexibility index (Phi) is 4.83. The van der Waals surface area contributed by atoms with E-state index in [1.807, 2.05) is 19.1 Å². The molecule has 0 amide bonds. The molecule has 1 atom stereocenters. The van der Waals surface area contributed by atoms with E-state index in [0.29, 0.717) is 17.7 Å². The summed E-state index contributed by atoms with van der Waals surface area (Å²) in [7, 11) is 0. The van der Waals surface area contributed by atoms with Crippen LogP contribution in [0.2, 0.25) is 0 Å². The van der Waals surface area contributed by atoms with Crippen molar-refractivity contribution in [2.75, 3.05) is 13.1 Å². The van der Waals surface area contributed by atoms with Gasteiger partial charge in [-0.1, -0.05) is 19.1 Å². The molecule has 1 aromatic heterocycles. The second kappa shape index (κ2) is 7.01. The largest absolute Gasteiger partial charge is 0.424 e. The van der Waals surface area contributed by atoms with Gasteiger partial charge in [0.1, 0.15) is 5.82 Å². The lowest BCUT2D eigenvalue weighted by Crippen LogP contribution is -2.24. The summed E-state index contributed by atoms with van der Waals surface area (Å²) in [6.07, 6.45) is 4.14. The van der Waals surface area contributed by atoms with Crippen molar-refractivity contribution in [2.24, 2.45) is 0 Å². The zero-order valence-electron chi connectivity index (χ0n) is 13.0. The molecule has 1 saturated heterocycles. The van der Waals surface area contributed by atoms with Crippen molar-refractivity contribution in [2.45, 2.75) is 45.1 Å². The van der Waals surface area contributed by atoms with Crippen molar-refractivity contribution in [3.8, 4) is 0 Å². The Bertz CT molecular complexity index is 596. The predicted molar refractivity (Wildman–Crippen MR) is 81.9 cm³/mol. The van der Waals surface area contributed by atoms with E-state index < -0.39 is 0 Å². The Hall–Kier alpha value is -1.75. The minimum atomic E-state index is -0.165. The Labute approximate surface area is 130 Å². The van der Waals surface area contributed by atoms with Gasteiger partial charge in [-0.25, -0.2) is 4.39 Å². The summed E-state index contributed by atoms with van der Waals surface area (Å²) in [5.41, 5.74) is 1.24. The van der Waals surface area contributed by atoms with Crippen LogP contribution < -0.4 is 0 Å². The lowest BCUT2D eigenvalue weighted by molar-refractivity contribution is 0.244. The van der Waals surface area contributed by atoms with Crippen molar-refractivity contribution in [3.63, 3.8) is 0 Å². The molecule has 22 heavy (non-hydrogen) atoms. The van der Waals surface area contributed by atoms with Crippen LogP contribution >= 0.6 is 0 Å². The number of rotatable bonds is 4. The highest BCUT2D eigenvalue weighted by atomic mass is 19.1. The molecule has 4 nitrogen and oxygen atoms in total. The zero-order valence-corrected chi connectivity index (χ0v) is 13.0. The third-order valence-electron chi connectivity index (χ3n) is 4.33. The first kappa shape index (κ1) is 15.2. The number of halogens is 1. The minimum Gasteiger partial charge on any atom is -0.424 e. The van der Waals surface area contributed by atoms with Crippen molar-refractivity contribution in [1.29, 1.82) is 0 Å². The number of benzene rings is 1. The molecule has 5 heteroatoms. The molecule has 0 N–H and O–H groups in total. The van der Waals surface area contributed by atoms with Crippen molar-refractivity contribution < 1.29 is 8.81 Å². The lowest BCUT2D eigenvalue weighted by atomic mass is 9.92.